The van der Waals surface area contributed by atoms with Crippen LogP contribution in [-0.2, 0) is 16.1 Å². The normalized spacial score (nSPS) is 19.8. The lowest BCUT2D eigenvalue weighted by Crippen LogP contribution is -2.48. The second-order valence-electron chi connectivity index (χ2n) is 8.73. The first-order valence-corrected chi connectivity index (χ1v) is 11.6. The van der Waals surface area contributed by atoms with Crippen molar-refractivity contribution in [2.24, 2.45) is 5.92 Å². The smallest absolute Gasteiger partial charge is 0.234 e. The van der Waals surface area contributed by atoms with Gasteiger partial charge >= 0.3 is 0 Å². The van der Waals surface area contributed by atoms with Crippen LogP contribution in [0.5, 0.6) is 17.2 Å². The Morgan fingerprint density at radius 1 is 0.969 bits per heavy atom. The number of carbonyl (C=O) groups excluding carboxylic acids is 2. The summed E-state index contributed by atoms with van der Waals surface area (Å²) in [6.07, 6.45) is 7.68. The maximum Gasteiger partial charge on any atom is 0.234 e. The average molecular weight is 448 g/mol. The van der Waals surface area contributed by atoms with E-state index in [2.05, 4.69) is 15.5 Å². The Kier molecular flexibility index (Phi) is 9.02. The third-order valence-corrected chi connectivity index (χ3v) is 6.41. The Balaban J connectivity index is 1.48. The molecule has 0 radical (unpaired) electrons. The summed E-state index contributed by atoms with van der Waals surface area (Å²) in [6.45, 7) is 2.12. The van der Waals surface area contributed by atoms with E-state index in [0.29, 0.717) is 36.4 Å². The molecule has 1 aliphatic carbocycles. The van der Waals surface area contributed by atoms with Crippen molar-refractivity contribution in [1.29, 1.82) is 0 Å². The number of hydrogen-bond acceptors (Lipinski definition) is 6. The van der Waals surface area contributed by atoms with Gasteiger partial charge in [-0.25, -0.2) is 0 Å². The number of likely N-dealkylation sites (tertiary alicyclic amines) is 1. The van der Waals surface area contributed by atoms with Crippen LogP contribution in [-0.4, -0.2) is 63.7 Å². The molecule has 1 atom stereocenters. The van der Waals surface area contributed by atoms with Crippen molar-refractivity contribution in [3.63, 3.8) is 0 Å². The second-order valence-corrected chi connectivity index (χ2v) is 8.73. The fourth-order valence-corrected chi connectivity index (χ4v) is 4.68. The Morgan fingerprint density at radius 3 is 2.28 bits per heavy atom. The van der Waals surface area contributed by atoms with Crippen molar-refractivity contribution in [2.75, 3.05) is 41.0 Å². The Morgan fingerprint density at radius 2 is 1.66 bits per heavy atom. The maximum absolute atomic E-state index is 12.7. The van der Waals surface area contributed by atoms with Crippen LogP contribution in [0.4, 0.5) is 0 Å². The zero-order valence-corrected chi connectivity index (χ0v) is 19.6. The molecule has 8 heteroatoms. The fourth-order valence-electron chi connectivity index (χ4n) is 4.68. The number of benzene rings is 1. The lowest BCUT2D eigenvalue weighted by Gasteiger charge is -2.33. The molecule has 2 N–H and O–H groups in total. The van der Waals surface area contributed by atoms with Crippen molar-refractivity contribution in [2.45, 2.75) is 57.5 Å². The summed E-state index contributed by atoms with van der Waals surface area (Å²) < 4.78 is 16.1. The number of carbonyl (C=O) groups is 2. The Hall–Kier alpha value is -2.48. The molecule has 8 nitrogen and oxygen atoms in total. The average Bonchev–Trinajstić information content (AvgIpc) is 2.82. The molecule has 1 aliphatic heterocycles. The van der Waals surface area contributed by atoms with E-state index in [9.17, 15) is 9.59 Å². The number of ether oxygens (including phenoxy) is 3. The van der Waals surface area contributed by atoms with Gasteiger partial charge < -0.3 is 24.8 Å². The van der Waals surface area contributed by atoms with E-state index in [1.165, 1.54) is 19.3 Å². The van der Waals surface area contributed by atoms with Crippen LogP contribution in [0.2, 0.25) is 0 Å². The fraction of sp³-hybridized carbons (Fsp3) is 0.667. The van der Waals surface area contributed by atoms with Gasteiger partial charge in [0.25, 0.3) is 0 Å². The van der Waals surface area contributed by atoms with Crippen molar-refractivity contribution < 1.29 is 23.8 Å². The molecular weight excluding hydrogens is 410 g/mol. The van der Waals surface area contributed by atoms with Gasteiger partial charge in [0, 0.05) is 19.1 Å². The van der Waals surface area contributed by atoms with E-state index in [1.54, 1.807) is 21.3 Å². The van der Waals surface area contributed by atoms with Gasteiger partial charge in [0.1, 0.15) is 0 Å². The first kappa shape index (κ1) is 24.2. The summed E-state index contributed by atoms with van der Waals surface area (Å²) in [4.78, 5) is 27.4. The summed E-state index contributed by atoms with van der Waals surface area (Å²) in [7, 11) is 4.69. The van der Waals surface area contributed by atoms with E-state index in [1.807, 2.05) is 12.1 Å². The molecule has 1 aromatic carbocycles. The molecule has 1 unspecified atom stereocenters. The molecule has 3 rings (SSSR count). The van der Waals surface area contributed by atoms with E-state index >= 15 is 0 Å². The lowest BCUT2D eigenvalue weighted by atomic mass is 9.93. The quantitative estimate of drug-likeness (QED) is 0.605. The monoisotopic (exact) mass is 447 g/mol. The summed E-state index contributed by atoms with van der Waals surface area (Å²) in [5.74, 6) is 1.69. The third-order valence-electron chi connectivity index (χ3n) is 6.41. The minimum atomic E-state index is -0.0629. The molecule has 1 aromatic rings. The van der Waals surface area contributed by atoms with Crippen LogP contribution in [0.15, 0.2) is 12.1 Å². The third kappa shape index (κ3) is 6.51. The van der Waals surface area contributed by atoms with Crippen molar-refractivity contribution in [3.8, 4) is 17.2 Å². The van der Waals surface area contributed by atoms with Crippen molar-refractivity contribution in [1.82, 2.24) is 15.5 Å². The molecule has 0 bridgehead atoms. The molecule has 1 heterocycles. The first-order valence-electron chi connectivity index (χ1n) is 11.6. The summed E-state index contributed by atoms with van der Waals surface area (Å²) in [6, 6.07) is 3.98. The molecule has 0 aromatic heterocycles. The predicted octanol–water partition coefficient (Wildman–Crippen LogP) is 2.49. The first-order chi connectivity index (χ1) is 15.5. The van der Waals surface area contributed by atoms with Gasteiger partial charge in [0.2, 0.25) is 17.6 Å². The summed E-state index contributed by atoms with van der Waals surface area (Å²) >= 11 is 0. The van der Waals surface area contributed by atoms with Crippen LogP contribution < -0.4 is 24.8 Å². The Labute approximate surface area is 191 Å². The topological polar surface area (TPSA) is 89.1 Å². The van der Waals surface area contributed by atoms with Crippen LogP contribution in [0.25, 0.3) is 0 Å². The number of piperidine rings is 1. The molecule has 0 spiro atoms. The molecule has 2 aliphatic rings. The van der Waals surface area contributed by atoms with Gasteiger partial charge in [0.15, 0.2) is 11.5 Å². The highest BCUT2D eigenvalue weighted by atomic mass is 16.5. The molecule has 32 heavy (non-hydrogen) atoms. The van der Waals surface area contributed by atoms with E-state index in [4.69, 9.17) is 14.2 Å². The number of nitrogens with one attached hydrogen (secondary N) is 2. The minimum Gasteiger partial charge on any atom is -0.493 e. The standard InChI is InChI=1S/C24H37N3O5/c1-30-20-12-17(13-21(31-2)23(20)32-3)14-25-22(28)16-27-11-7-8-18(15-27)24(29)26-19-9-5-4-6-10-19/h12-13,18-19H,4-11,14-16H2,1-3H3,(H,25,28)(H,26,29). The molecule has 2 amide bonds. The number of rotatable bonds is 9. The van der Waals surface area contributed by atoms with Crippen LogP contribution in [0.3, 0.4) is 0 Å². The van der Waals surface area contributed by atoms with Crippen molar-refractivity contribution >= 4 is 11.8 Å². The zero-order chi connectivity index (χ0) is 22.9. The van der Waals surface area contributed by atoms with E-state index in [-0.39, 0.29) is 24.3 Å². The van der Waals surface area contributed by atoms with Crippen molar-refractivity contribution in [3.05, 3.63) is 17.7 Å². The summed E-state index contributed by atoms with van der Waals surface area (Å²) in [5, 5.41) is 6.20. The Bertz CT molecular complexity index is 754. The molecule has 1 saturated carbocycles. The predicted molar refractivity (Wildman–Crippen MR) is 122 cm³/mol. The summed E-state index contributed by atoms with van der Waals surface area (Å²) in [5.41, 5.74) is 0.858. The highest BCUT2D eigenvalue weighted by Crippen LogP contribution is 2.38. The number of methoxy groups -OCH3 is 3. The van der Waals surface area contributed by atoms with Crippen LogP contribution in [0, 0.1) is 5.92 Å². The van der Waals surface area contributed by atoms with E-state index in [0.717, 1.165) is 37.8 Å². The minimum absolute atomic E-state index is 0.0337. The maximum atomic E-state index is 12.7. The van der Waals surface area contributed by atoms with Gasteiger partial charge in [-0.05, 0) is 49.9 Å². The molecule has 1 saturated heterocycles. The van der Waals surface area contributed by atoms with Crippen LogP contribution in [0.1, 0.15) is 50.5 Å². The SMILES string of the molecule is COc1cc(CNC(=O)CN2CCCC(C(=O)NC3CCCCC3)C2)cc(OC)c1OC. The molecular formula is C24H37N3O5. The zero-order valence-electron chi connectivity index (χ0n) is 19.6. The van der Waals surface area contributed by atoms with Gasteiger partial charge in [-0.3, -0.25) is 14.5 Å². The molecule has 2 fully saturated rings. The van der Waals surface area contributed by atoms with Gasteiger partial charge in [-0.15, -0.1) is 0 Å². The largest absolute Gasteiger partial charge is 0.493 e. The lowest BCUT2D eigenvalue weighted by molar-refractivity contribution is -0.129. The van der Waals surface area contributed by atoms with E-state index < -0.39 is 0 Å². The van der Waals surface area contributed by atoms with Gasteiger partial charge in [-0.1, -0.05) is 19.3 Å². The highest BCUT2D eigenvalue weighted by molar-refractivity contribution is 5.80. The van der Waals surface area contributed by atoms with Gasteiger partial charge in [-0.2, -0.15) is 0 Å². The number of nitrogens with zero attached hydrogens (tertiary/aromatic N) is 1. The number of hydrogen-bond donors (Lipinski definition) is 2. The number of amides is 2. The molecule has 178 valence electrons. The highest BCUT2D eigenvalue weighted by Gasteiger charge is 2.28. The van der Waals surface area contributed by atoms with Crippen LogP contribution >= 0.6 is 0 Å². The van der Waals surface area contributed by atoms with Gasteiger partial charge in [0.05, 0.1) is 33.8 Å². The second kappa shape index (κ2) is 11.9.